The zero-order valence-corrected chi connectivity index (χ0v) is 18.0. The summed E-state index contributed by atoms with van der Waals surface area (Å²) in [5, 5.41) is 2.07. The summed E-state index contributed by atoms with van der Waals surface area (Å²) >= 11 is 0. The maximum atomic E-state index is 12.1. The van der Waals surface area contributed by atoms with Gasteiger partial charge in [0, 0.05) is 12.0 Å². The Labute approximate surface area is 182 Å². The molecule has 3 aromatic rings. The first kappa shape index (κ1) is 22.7. The highest BCUT2D eigenvalue weighted by atomic mass is 32.2. The molecule has 6 nitrogen and oxygen atoms in total. The lowest BCUT2D eigenvalue weighted by Gasteiger charge is -2.21. The Morgan fingerprint density at radius 2 is 1.58 bits per heavy atom. The predicted molar refractivity (Wildman–Crippen MR) is 115 cm³/mol. The number of esters is 1. The molecule has 0 radical (unpaired) electrons. The second-order valence-corrected chi connectivity index (χ2v) is 8.76. The van der Waals surface area contributed by atoms with E-state index in [0.717, 1.165) is 24.1 Å². The summed E-state index contributed by atoms with van der Waals surface area (Å²) in [5.41, 5.74) is 4.53. The Kier molecular flexibility index (Phi) is 7.57. The van der Waals surface area contributed by atoms with Gasteiger partial charge in [-0.3, -0.25) is 0 Å². The average molecular weight is 440 g/mol. The number of hydrogen-bond donors (Lipinski definition) is 1. The molecule has 0 saturated carbocycles. The van der Waals surface area contributed by atoms with Crippen LogP contribution >= 0.6 is 0 Å². The van der Waals surface area contributed by atoms with Crippen molar-refractivity contribution in [2.45, 2.75) is 37.4 Å². The van der Waals surface area contributed by atoms with Crippen molar-refractivity contribution < 1.29 is 27.8 Å². The number of fused-ring (bicyclic) bond motifs is 1. The number of rotatable bonds is 4. The highest BCUT2D eigenvalue weighted by Gasteiger charge is 2.28. The number of aryl methyl sites for hydroxylation is 1. The van der Waals surface area contributed by atoms with Crippen molar-refractivity contribution in [1.29, 1.82) is 0 Å². The molecule has 2 N–H and O–H groups in total. The lowest BCUT2D eigenvalue weighted by Crippen LogP contribution is -2.92. The molecule has 7 heteroatoms. The van der Waals surface area contributed by atoms with E-state index in [0.29, 0.717) is 6.61 Å². The number of benzene rings is 3. The van der Waals surface area contributed by atoms with Gasteiger partial charge < -0.3 is 14.6 Å². The minimum absolute atomic E-state index is 0.117. The summed E-state index contributed by atoms with van der Waals surface area (Å²) in [6.07, 6.45) is 0.754. The summed E-state index contributed by atoms with van der Waals surface area (Å²) in [6, 6.07) is 23.7. The maximum Gasteiger partial charge on any atom is 0.365 e. The zero-order valence-electron chi connectivity index (χ0n) is 17.2. The van der Waals surface area contributed by atoms with Crippen LogP contribution in [0.4, 0.5) is 0 Å². The molecule has 1 aliphatic rings. The quantitative estimate of drug-likeness (QED) is 0.497. The summed E-state index contributed by atoms with van der Waals surface area (Å²) in [6.45, 7) is 3.02. The van der Waals surface area contributed by atoms with Crippen molar-refractivity contribution in [3.05, 3.63) is 101 Å². The summed E-state index contributed by atoms with van der Waals surface area (Å²) < 4.78 is 36.6. The highest BCUT2D eigenvalue weighted by Crippen LogP contribution is 2.13. The van der Waals surface area contributed by atoms with E-state index in [9.17, 15) is 17.8 Å². The van der Waals surface area contributed by atoms with E-state index >= 15 is 0 Å². The second kappa shape index (κ2) is 10.3. The number of nitrogens with two attached hydrogens (primary N) is 1. The molecule has 0 fully saturated rings. The van der Waals surface area contributed by atoms with Gasteiger partial charge >= 0.3 is 5.97 Å². The Hall–Kier alpha value is -3.00. The molecule has 1 unspecified atom stereocenters. The van der Waals surface area contributed by atoms with Crippen LogP contribution in [0.2, 0.25) is 0 Å². The van der Waals surface area contributed by atoms with Gasteiger partial charge in [0.2, 0.25) is 0 Å². The molecule has 1 atom stereocenters. The Morgan fingerprint density at radius 3 is 2.23 bits per heavy atom. The maximum absolute atomic E-state index is 12.1. The van der Waals surface area contributed by atoms with Crippen LogP contribution in [-0.2, 0) is 39.2 Å². The SMILES string of the molecule is Cc1ccc(S(=O)(=O)[O-])cc1.O=C(OCc1ccccc1)C1Cc2ccccc2C[NH2+]1. The van der Waals surface area contributed by atoms with E-state index in [1.807, 2.05) is 49.4 Å². The van der Waals surface area contributed by atoms with Gasteiger partial charge in [-0.25, -0.2) is 13.2 Å². The minimum Gasteiger partial charge on any atom is -0.744 e. The molecule has 3 aromatic carbocycles. The van der Waals surface area contributed by atoms with Crippen LogP contribution in [0.5, 0.6) is 0 Å². The normalized spacial score (nSPS) is 15.2. The van der Waals surface area contributed by atoms with Crippen molar-refractivity contribution in [3.63, 3.8) is 0 Å². The molecule has 1 aliphatic heterocycles. The van der Waals surface area contributed by atoms with Gasteiger partial charge in [0.1, 0.15) is 23.3 Å². The molecule has 0 aromatic heterocycles. The zero-order chi connectivity index (χ0) is 22.3. The fourth-order valence-corrected chi connectivity index (χ4v) is 3.73. The summed E-state index contributed by atoms with van der Waals surface area (Å²) in [4.78, 5) is 12.0. The van der Waals surface area contributed by atoms with Gasteiger partial charge in [0.25, 0.3) is 0 Å². The molecular formula is C24H25NO5S. The third-order valence-corrected chi connectivity index (χ3v) is 5.87. The van der Waals surface area contributed by atoms with Crippen LogP contribution in [0, 0.1) is 6.92 Å². The van der Waals surface area contributed by atoms with Gasteiger partial charge in [-0.2, -0.15) is 0 Å². The molecular weight excluding hydrogens is 414 g/mol. The van der Waals surface area contributed by atoms with Crippen LogP contribution in [0.1, 0.15) is 22.3 Å². The Morgan fingerprint density at radius 1 is 0.968 bits per heavy atom. The molecule has 0 amide bonds. The lowest BCUT2D eigenvalue weighted by atomic mass is 9.96. The first-order valence-electron chi connectivity index (χ1n) is 9.96. The fourth-order valence-electron chi connectivity index (χ4n) is 3.27. The Bertz CT molecular complexity index is 1110. The largest absolute Gasteiger partial charge is 0.744 e. The first-order chi connectivity index (χ1) is 14.8. The van der Waals surface area contributed by atoms with Crippen molar-refractivity contribution in [2.24, 2.45) is 0 Å². The van der Waals surface area contributed by atoms with E-state index in [1.165, 1.54) is 23.3 Å². The molecule has 162 valence electrons. The van der Waals surface area contributed by atoms with Crippen molar-refractivity contribution >= 4 is 16.1 Å². The first-order valence-corrected chi connectivity index (χ1v) is 11.4. The third-order valence-electron chi connectivity index (χ3n) is 5.02. The monoisotopic (exact) mass is 439 g/mol. The van der Waals surface area contributed by atoms with Gasteiger partial charge in [-0.1, -0.05) is 72.3 Å². The van der Waals surface area contributed by atoms with E-state index in [4.69, 9.17) is 4.74 Å². The smallest absolute Gasteiger partial charge is 0.365 e. The summed E-state index contributed by atoms with van der Waals surface area (Å²) in [5.74, 6) is -0.122. The number of carbonyl (C=O) groups is 1. The van der Waals surface area contributed by atoms with Crippen LogP contribution in [-0.4, -0.2) is 25.0 Å². The van der Waals surface area contributed by atoms with Crippen LogP contribution < -0.4 is 5.32 Å². The molecule has 4 rings (SSSR count). The number of ether oxygens (including phenoxy) is 1. The van der Waals surface area contributed by atoms with Gasteiger partial charge in [-0.15, -0.1) is 0 Å². The van der Waals surface area contributed by atoms with E-state index in [2.05, 4.69) is 17.4 Å². The number of hydrogen-bond acceptors (Lipinski definition) is 5. The van der Waals surface area contributed by atoms with Crippen LogP contribution in [0.15, 0.2) is 83.8 Å². The number of carbonyl (C=O) groups excluding carboxylic acids is 1. The van der Waals surface area contributed by atoms with E-state index in [-0.39, 0.29) is 16.9 Å². The molecule has 0 bridgehead atoms. The fraction of sp³-hybridized carbons (Fsp3) is 0.208. The third kappa shape index (κ3) is 6.75. The minimum atomic E-state index is -4.27. The van der Waals surface area contributed by atoms with Crippen molar-refractivity contribution in [1.82, 2.24) is 0 Å². The molecule has 1 heterocycles. The molecule has 31 heavy (non-hydrogen) atoms. The molecule has 0 spiro atoms. The summed E-state index contributed by atoms with van der Waals surface area (Å²) in [7, 11) is -4.27. The highest BCUT2D eigenvalue weighted by molar-refractivity contribution is 7.85. The van der Waals surface area contributed by atoms with Gasteiger partial charge in [-0.05, 0) is 30.2 Å². The molecule has 0 saturated heterocycles. The van der Waals surface area contributed by atoms with Crippen molar-refractivity contribution in [2.75, 3.05) is 0 Å². The molecule has 0 aliphatic carbocycles. The lowest BCUT2D eigenvalue weighted by molar-refractivity contribution is -0.696. The van der Waals surface area contributed by atoms with Crippen molar-refractivity contribution in [3.8, 4) is 0 Å². The van der Waals surface area contributed by atoms with Gasteiger partial charge in [0.05, 0.1) is 4.90 Å². The van der Waals surface area contributed by atoms with Crippen LogP contribution in [0.3, 0.4) is 0 Å². The Balaban J connectivity index is 0.000000210. The topological polar surface area (TPSA) is 100 Å². The van der Waals surface area contributed by atoms with Crippen LogP contribution in [0.25, 0.3) is 0 Å². The predicted octanol–water partition coefficient (Wildman–Crippen LogP) is 2.32. The van der Waals surface area contributed by atoms with Gasteiger partial charge in [0.15, 0.2) is 6.04 Å². The second-order valence-electron chi connectivity index (χ2n) is 7.38. The number of quaternary nitrogens is 1. The van der Waals surface area contributed by atoms with E-state index < -0.39 is 10.1 Å². The van der Waals surface area contributed by atoms with E-state index in [1.54, 1.807) is 12.1 Å². The standard InChI is InChI=1S/C17H17NO2.C7H8O3S/c19-17(20-12-13-6-2-1-3-7-13)16-10-14-8-4-5-9-15(14)11-18-16;1-6-2-4-7(5-3-6)11(8,9)10/h1-9,16,18H,10-12H2;2-5H,1H3,(H,8,9,10). The average Bonchev–Trinajstić information content (AvgIpc) is 2.78.